The summed E-state index contributed by atoms with van der Waals surface area (Å²) in [4.78, 5) is 30.4. The van der Waals surface area contributed by atoms with E-state index in [0.29, 0.717) is 28.8 Å². The lowest BCUT2D eigenvalue weighted by Crippen LogP contribution is -2.22. The Morgan fingerprint density at radius 2 is 2.04 bits per heavy atom. The van der Waals surface area contributed by atoms with Crippen molar-refractivity contribution in [1.29, 1.82) is 0 Å². The Morgan fingerprint density at radius 3 is 2.67 bits per heavy atom. The fourth-order valence-electron chi connectivity index (χ4n) is 2.40. The molecule has 0 fully saturated rings. The number of halogens is 2. The van der Waals surface area contributed by atoms with Gasteiger partial charge in [-0.15, -0.1) is 11.8 Å². The molecule has 0 bridgehead atoms. The Labute approximate surface area is 172 Å². The highest BCUT2D eigenvalue weighted by atomic mass is 35.5. The first-order valence-electron chi connectivity index (χ1n) is 8.28. The quantitative estimate of drug-likeness (QED) is 0.162. The molecule has 1 N–H and O–H groups in total. The molecule has 0 saturated heterocycles. The van der Waals surface area contributed by atoms with Gasteiger partial charge in [-0.1, -0.05) is 33.9 Å². The molecule has 1 aliphatic carbocycles. The number of aliphatic hydroxyl groups excluding tert-OH is 1. The van der Waals surface area contributed by atoms with Crippen LogP contribution in [0.15, 0.2) is 51.2 Å². The minimum absolute atomic E-state index is 0.0922. The van der Waals surface area contributed by atoms with Crippen LogP contribution in [0.3, 0.4) is 0 Å². The lowest BCUT2D eigenvalue weighted by atomic mass is 9.89. The lowest BCUT2D eigenvalue weighted by molar-refractivity contribution is -0.120. The van der Waals surface area contributed by atoms with Crippen molar-refractivity contribution in [2.24, 2.45) is 5.16 Å². The van der Waals surface area contributed by atoms with E-state index < -0.39 is 17.3 Å². The van der Waals surface area contributed by atoms with Crippen molar-refractivity contribution < 1.29 is 19.5 Å². The van der Waals surface area contributed by atoms with Crippen molar-refractivity contribution in [3.63, 3.8) is 0 Å². The standard InChI is InChI=1S/C19H19Cl2NO4S/c1-3-26-22-11(2)19(25)18-16(23)8-12(9-17(18)24)6-7-27-13-4-5-14(20)15(21)10-13/h4-5,8,10,25H,3,6-7,9H2,1-2H3. The first kappa shape index (κ1) is 21.5. The van der Waals surface area contributed by atoms with E-state index in [0.717, 1.165) is 10.5 Å². The number of benzene rings is 1. The number of Topliss-reactive ketones (excluding diaryl/α,β-unsaturated/α-hetero) is 1. The molecule has 2 rings (SSSR count). The number of thioether (sulfide) groups is 1. The van der Waals surface area contributed by atoms with Crippen LogP contribution in [-0.2, 0) is 14.4 Å². The summed E-state index contributed by atoms with van der Waals surface area (Å²) < 4.78 is 0. The van der Waals surface area contributed by atoms with Crippen LogP contribution in [0.1, 0.15) is 26.7 Å². The molecule has 1 aliphatic rings. The van der Waals surface area contributed by atoms with Crippen LogP contribution in [0.2, 0.25) is 10.0 Å². The maximum Gasteiger partial charge on any atom is 0.193 e. The zero-order chi connectivity index (χ0) is 20.0. The van der Waals surface area contributed by atoms with E-state index in [1.807, 2.05) is 6.07 Å². The molecule has 144 valence electrons. The second kappa shape index (κ2) is 9.97. The van der Waals surface area contributed by atoms with Crippen molar-refractivity contribution in [3.05, 3.63) is 51.2 Å². The predicted molar refractivity (Wildman–Crippen MR) is 109 cm³/mol. The molecule has 1 aromatic rings. The smallest absolute Gasteiger partial charge is 0.193 e. The Morgan fingerprint density at radius 1 is 1.30 bits per heavy atom. The molecular formula is C19H19Cl2NO4S. The number of aliphatic hydroxyl groups is 1. The Hall–Kier alpha value is -1.76. The maximum absolute atomic E-state index is 12.3. The number of ketones is 2. The van der Waals surface area contributed by atoms with Gasteiger partial charge in [-0.05, 0) is 44.5 Å². The van der Waals surface area contributed by atoms with Crippen LogP contribution in [0, 0.1) is 0 Å². The molecule has 0 atom stereocenters. The third-order valence-electron chi connectivity index (χ3n) is 3.74. The van der Waals surface area contributed by atoms with E-state index >= 15 is 0 Å². The molecule has 0 spiro atoms. The van der Waals surface area contributed by atoms with Crippen molar-refractivity contribution >= 4 is 52.2 Å². The predicted octanol–water partition coefficient (Wildman–Crippen LogP) is 5.17. The number of hydrogen-bond donors (Lipinski definition) is 1. The molecule has 0 aliphatic heterocycles. The normalized spacial score (nSPS) is 17.0. The van der Waals surface area contributed by atoms with Gasteiger partial charge in [-0.2, -0.15) is 0 Å². The largest absolute Gasteiger partial charge is 0.505 e. The average Bonchev–Trinajstić information content (AvgIpc) is 2.62. The van der Waals surface area contributed by atoms with Gasteiger partial charge < -0.3 is 9.94 Å². The summed E-state index contributed by atoms with van der Waals surface area (Å²) in [5.41, 5.74) is 0.589. The third-order valence-corrected chi connectivity index (χ3v) is 5.48. The summed E-state index contributed by atoms with van der Waals surface area (Å²) in [5.74, 6) is -0.677. The first-order chi connectivity index (χ1) is 12.8. The fourth-order valence-corrected chi connectivity index (χ4v) is 3.73. The number of rotatable bonds is 7. The van der Waals surface area contributed by atoms with Gasteiger partial charge in [0.1, 0.15) is 17.9 Å². The Balaban J connectivity index is 2.04. The zero-order valence-electron chi connectivity index (χ0n) is 14.9. The highest BCUT2D eigenvalue weighted by molar-refractivity contribution is 7.99. The highest BCUT2D eigenvalue weighted by Gasteiger charge is 2.28. The molecule has 0 saturated carbocycles. The van der Waals surface area contributed by atoms with Crippen LogP contribution < -0.4 is 0 Å². The SMILES string of the molecule is CCON=C(C)C(O)=C1C(=O)C=C(CCSc2ccc(Cl)c(Cl)c2)CC1=O. The number of oxime groups is 1. The van der Waals surface area contributed by atoms with Gasteiger partial charge >= 0.3 is 0 Å². The van der Waals surface area contributed by atoms with Gasteiger partial charge in [0.25, 0.3) is 0 Å². The minimum Gasteiger partial charge on any atom is -0.505 e. The zero-order valence-corrected chi connectivity index (χ0v) is 17.2. The Kier molecular flexibility index (Phi) is 7.95. The van der Waals surface area contributed by atoms with E-state index in [2.05, 4.69) is 5.16 Å². The summed E-state index contributed by atoms with van der Waals surface area (Å²) in [6, 6.07) is 5.37. The first-order valence-corrected chi connectivity index (χ1v) is 10.0. The fraction of sp³-hybridized carbons (Fsp3) is 0.316. The van der Waals surface area contributed by atoms with Crippen LogP contribution in [0.25, 0.3) is 0 Å². The molecule has 0 aromatic heterocycles. The van der Waals surface area contributed by atoms with E-state index in [-0.39, 0.29) is 17.7 Å². The summed E-state index contributed by atoms with van der Waals surface area (Å²) in [6.07, 6.45) is 2.08. The molecule has 5 nitrogen and oxygen atoms in total. The van der Waals surface area contributed by atoms with Gasteiger partial charge in [0.2, 0.25) is 0 Å². The summed E-state index contributed by atoms with van der Waals surface area (Å²) in [5, 5.41) is 14.8. The van der Waals surface area contributed by atoms with Gasteiger partial charge in [0.05, 0.1) is 10.0 Å². The molecule has 0 radical (unpaired) electrons. The minimum atomic E-state index is -0.510. The number of allylic oxidation sites excluding steroid dienone is 4. The molecule has 0 heterocycles. The number of nitrogens with zero attached hydrogens (tertiary/aromatic N) is 1. The highest BCUT2D eigenvalue weighted by Crippen LogP contribution is 2.30. The van der Waals surface area contributed by atoms with E-state index in [4.69, 9.17) is 28.0 Å². The van der Waals surface area contributed by atoms with Crippen LogP contribution in [0.4, 0.5) is 0 Å². The number of hydrogen-bond acceptors (Lipinski definition) is 6. The van der Waals surface area contributed by atoms with Gasteiger partial charge in [-0.25, -0.2) is 0 Å². The monoisotopic (exact) mass is 427 g/mol. The van der Waals surface area contributed by atoms with Crippen LogP contribution in [0.5, 0.6) is 0 Å². The number of carbonyl (C=O) groups is 2. The second-order valence-corrected chi connectivity index (χ2v) is 7.74. The summed E-state index contributed by atoms with van der Waals surface area (Å²) in [6.45, 7) is 3.54. The van der Waals surface area contributed by atoms with Gasteiger partial charge in [0.15, 0.2) is 17.3 Å². The van der Waals surface area contributed by atoms with Crippen molar-refractivity contribution in [2.75, 3.05) is 12.4 Å². The van der Waals surface area contributed by atoms with Crippen molar-refractivity contribution in [1.82, 2.24) is 0 Å². The molecule has 0 unspecified atom stereocenters. The van der Waals surface area contributed by atoms with Gasteiger partial charge in [0, 0.05) is 17.1 Å². The maximum atomic E-state index is 12.3. The van der Waals surface area contributed by atoms with E-state index in [1.54, 1.807) is 30.8 Å². The van der Waals surface area contributed by atoms with Gasteiger partial charge in [-0.3, -0.25) is 9.59 Å². The molecular weight excluding hydrogens is 409 g/mol. The average molecular weight is 428 g/mol. The second-order valence-electron chi connectivity index (χ2n) is 5.76. The Bertz CT molecular complexity index is 846. The van der Waals surface area contributed by atoms with Crippen LogP contribution >= 0.6 is 35.0 Å². The number of carbonyl (C=O) groups excluding carboxylic acids is 2. The van der Waals surface area contributed by atoms with E-state index in [9.17, 15) is 14.7 Å². The molecule has 27 heavy (non-hydrogen) atoms. The topological polar surface area (TPSA) is 76.0 Å². The van der Waals surface area contributed by atoms with E-state index in [1.165, 1.54) is 13.0 Å². The summed E-state index contributed by atoms with van der Waals surface area (Å²) >= 11 is 13.4. The molecule has 0 amide bonds. The molecule has 8 heteroatoms. The third kappa shape index (κ3) is 5.86. The lowest BCUT2D eigenvalue weighted by Gasteiger charge is -2.15. The van der Waals surface area contributed by atoms with Crippen molar-refractivity contribution in [3.8, 4) is 0 Å². The van der Waals surface area contributed by atoms with Crippen LogP contribution in [-0.4, -0.2) is 34.7 Å². The summed E-state index contributed by atoms with van der Waals surface area (Å²) in [7, 11) is 0. The molecule has 1 aromatic carbocycles. The van der Waals surface area contributed by atoms with Crippen molar-refractivity contribution in [2.45, 2.75) is 31.6 Å².